The van der Waals surface area contributed by atoms with Crippen molar-refractivity contribution in [3.63, 3.8) is 0 Å². The summed E-state index contributed by atoms with van der Waals surface area (Å²) in [7, 11) is 1.70. The van der Waals surface area contributed by atoms with E-state index in [0.29, 0.717) is 30.1 Å². The van der Waals surface area contributed by atoms with Gasteiger partial charge in [-0.3, -0.25) is 4.79 Å². The van der Waals surface area contributed by atoms with Crippen LogP contribution in [-0.2, 0) is 11.8 Å². The number of halogens is 2. The Labute approximate surface area is 195 Å². The zero-order valence-electron chi connectivity index (χ0n) is 19.6. The van der Waals surface area contributed by atoms with Gasteiger partial charge >= 0.3 is 0 Å². The van der Waals surface area contributed by atoms with E-state index in [1.807, 2.05) is 31.7 Å². The average molecular weight is 472 g/mol. The topological polar surface area (TPSA) is 82.4 Å². The lowest BCUT2D eigenvalue weighted by molar-refractivity contribution is -0.135. The number of rotatable bonds is 4. The smallest absolute Gasteiger partial charge is 0.255 e. The molecule has 10 heteroatoms. The monoisotopic (exact) mass is 471 g/mol. The van der Waals surface area contributed by atoms with E-state index in [1.54, 1.807) is 19.3 Å². The summed E-state index contributed by atoms with van der Waals surface area (Å²) in [6.45, 7) is 6.79. The Kier molecular flexibility index (Phi) is 5.50. The van der Waals surface area contributed by atoms with Gasteiger partial charge in [0.05, 0.1) is 18.0 Å². The predicted molar refractivity (Wildman–Crippen MR) is 123 cm³/mol. The molecule has 0 unspecified atom stereocenters. The van der Waals surface area contributed by atoms with Gasteiger partial charge in [0.25, 0.3) is 5.92 Å². The highest BCUT2D eigenvalue weighted by atomic mass is 19.3. The van der Waals surface area contributed by atoms with Crippen molar-refractivity contribution < 1.29 is 18.3 Å². The number of fused-ring (bicyclic) bond motifs is 1. The molecule has 0 amide bonds. The molecule has 8 nitrogen and oxygen atoms in total. The van der Waals surface area contributed by atoms with Crippen LogP contribution in [0.4, 0.5) is 14.7 Å². The van der Waals surface area contributed by atoms with E-state index in [-0.39, 0.29) is 36.5 Å². The van der Waals surface area contributed by atoms with Gasteiger partial charge in [0.1, 0.15) is 12.2 Å². The maximum absolute atomic E-state index is 13.4. The maximum Gasteiger partial charge on any atom is 0.255 e. The number of hydrogen-bond donors (Lipinski definition) is 0. The Balaban J connectivity index is 1.50. The molecule has 1 aliphatic carbocycles. The second-order valence-electron chi connectivity index (χ2n) is 9.35. The molecule has 1 aliphatic heterocycles. The fourth-order valence-electron chi connectivity index (χ4n) is 4.39. The first-order valence-electron chi connectivity index (χ1n) is 11.4. The molecule has 1 saturated carbocycles. The third-order valence-electron chi connectivity index (χ3n) is 6.44. The predicted octanol–water partition coefficient (Wildman–Crippen LogP) is 3.48. The van der Waals surface area contributed by atoms with Gasteiger partial charge in [0.15, 0.2) is 5.65 Å². The molecule has 180 valence electrons. The number of morpholine rings is 1. The number of aromatic nitrogens is 4. The van der Waals surface area contributed by atoms with E-state index in [9.17, 15) is 13.6 Å². The summed E-state index contributed by atoms with van der Waals surface area (Å²) in [5.41, 5.74) is 3.02. The highest BCUT2D eigenvalue weighted by molar-refractivity contribution is 5.82. The van der Waals surface area contributed by atoms with Gasteiger partial charge in [-0.25, -0.2) is 13.8 Å². The molecule has 5 rings (SSSR count). The molecule has 0 N–H and O–H groups in total. The van der Waals surface area contributed by atoms with Crippen LogP contribution in [-0.4, -0.2) is 50.7 Å². The fourth-order valence-corrected chi connectivity index (χ4v) is 4.39. The number of alkyl halides is 2. The first-order chi connectivity index (χ1) is 16.1. The number of nitrogens with zero attached hydrogens (tertiary/aromatic N) is 5. The first kappa shape index (κ1) is 22.6. The van der Waals surface area contributed by atoms with Crippen molar-refractivity contribution in [3.8, 4) is 5.88 Å². The lowest BCUT2D eigenvalue weighted by Crippen LogP contribution is -2.44. The van der Waals surface area contributed by atoms with E-state index < -0.39 is 12.0 Å². The van der Waals surface area contributed by atoms with Crippen LogP contribution in [0.3, 0.4) is 0 Å². The summed E-state index contributed by atoms with van der Waals surface area (Å²) in [5.74, 6) is -2.01. The highest BCUT2D eigenvalue weighted by Crippen LogP contribution is 2.41. The molecular weight excluding hydrogens is 444 g/mol. The van der Waals surface area contributed by atoms with Crippen LogP contribution in [0.1, 0.15) is 42.7 Å². The highest BCUT2D eigenvalue weighted by Gasteiger charge is 2.47. The Morgan fingerprint density at radius 2 is 1.91 bits per heavy atom. The molecule has 2 atom stereocenters. The largest absolute Gasteiger partial charge is 0.473 e. The third-order valence-corrected chi connectivity index (χ3v) is 6.44. The molecule has 2 aliphatic rings. The minimum atomic E-state index is -2.69. The second kappa shape index (κ2) is 8.26. The van der Waals surface area contributed by atoms with Crippen LogP contribution in [0.5, 0.6) is 5.88 Å². The Morgan fingerprint density at radius 1 is 1.15 bits per heavy atom. The fraction of sp³-hybridized carbons (Fsp3) is 0.500. The summed E-state index contributed by atoms with van der Waals surface area (Å²) < 4.78 is 40.4. The van der Waals surface area contributed by atoms with E-state index in [0.717, 1.165) is 16.8 Å². The van der Waals surface area contributed by atoms with Crippen LogP contribution in [0.2, 0.25) is 0 Å². The molecule has 4 heterocycles. The van der Waals surface area contributed by atoms with Crippen LogP contribution < -0.4 is 15.2 Å². The van der Waals surface area contributed by atoms with Crippen molar-refractivity contribution in [2.24, 2.45) is 7.05 Å². The van der Waals surface area contributed by atoms with Crippen molar-refractivity contribution in [1.29, 1.82) is 0 Å². The van der Waals surface area contributed by atoms with E-state index in [4.69, 9.17) is 14.5 Å². The van der Waals surface area contributed by atoms with Crippen molar-refractivity contribution in [1.82, 2.24) is 19.5 Å². The van der Waals surface area contributed by atoms with Crippen LogP contribution in [0.15, 0.2) is 29.2 Å². The van der Waals surface area contributed by atoms with Crippen molar-refractivity contribution >= 4 is 17.0 Å². The van der Waals surface area contributed by atoms with Crippen molar-refractivity contribution in [3.05, 3.63) is 51.6 Å². The molecule has 2 fully saturated rings. The maximum atomic E-state index is 13.4. The minimum Gasteiger partial charge on any atom is -0.473 e. The number of pyridine rings is 2. The molecule has 34 heavy (non-hydrogen) atoms. The lowest BCUT2D eigenvalue weighted by atomic mass is 9.91. The average Bonchev–Trinajstić information content (AvgIpc) is 2.75. The van der Waals surface area contributed by atoms with E-state index in [2.05, 4.69) is 9.97 Å². The van der Waals surface area contributed by atoms with E-state index >= 15 is 0 Å². The number of aryl methyl sites for hydroxylation is 3. The number of hydrogen-bond acceptors (Lipinski definition) is 7. The molecule has 3 aromatic heterocycles. The summed E-state index contributed by atoms with van der Waals surface area (Å²) in [4.78, 5) is 27.8. The summed E-state index contributed by atoms with van der Waals surface area (Å²) >= 11 is 0. The second-order valence-corrected chi connectivity index (χ2v) is 9.35. The quantitative estimate of drug-likeness (QED) is 0.576. The molecule has 1 saturated heterocycles. The summed E-state index contributed by atoms with van der Waals surface area (Å²) in [6, 6.07) is 5.18. The van der Waals surface area contributed by atoms with Crippen molar-refractivity contribution in [2.75, 3.05) is 18.0 Å². The van der Waals surface area contributed by atoms with Crippen molar-refractivity contribution in [2.45, 2.75) is 57.8 Å². The number of ether oxygens (including phenoxy) is 2. The molecule has 0 radical (unpaired) electrons. The van der Waals surface area contributed by atoms with Gasteiger partial charge < -0.3 is 18.9 Å². The van der Waals surface area contributed by atoms with Gasteiger partial charge in [0, 0.05) is 44.4 Å². The lowest BCUT2D eigenvalue weighted by Gasteiger charge is -2.37. The Hall–Kier alpha value is -3.14. The van der Waals surface area contributed by atoms with Gasteiger partial charge in [-0.1, -0.05) is 0 Å². The first-order valence-corrected chi connectivity index (χ1v) is 11.4. The molecule has 0 spiro atoms. The van der Waals surface area contributed by atoms with Gasteiger partial charge in [-0.2, -0.15) is 9.97 Å². The normalized spacial score (nSPS) is 22.6. The Morgan fingerprint density at radius 3 is 2.62 bits per heavy atom. The zero-order valence-corrected chi connectivity index (χ0v) is 19.6. The van der Waals surface area contributed by atoms with Gasteiger partial charge in [0.2, 0.25) is 17.4 Å². The van der Waals surface area contributed by atoms with Gasteiger partial charge in [-0.05, 0) is 44.0 Å². The van der Waals surface area contributed by atoms with Crippen LogP contribution >= 0.6 is 0 Å². The standard InChI is InChI=1S/C24H27F2N5O3/c1-13-7-18-21(27-15(13)3)28-23(29-22(18)34-17-8-24(25,26)9-17)31-10-14(2)33-19(12-31)16-5-6-20(32)30(4)11-16/h5-7,11,14,17,19H,8-10,12H2,1-4H3/t14-,19-/m1/s1. The minimum absolute atomic E-state index is 0.0950. The van der Waals surface area contributed by atoms with E-state index in [1.165, 1.54) is 10.6 Å². The third kappa shape index (κ3) is 4.34. The Bertz CT molecular complexity index is 1300. The molecule has 0 aromatic carbocycles. The molecule has 0 bridgehead atoms. The summed E-state index contributed by atoms with van der Waals surface area (Å²) in [5, 5.41) is 0.609. The molecule has 3 aromatic rings. The van der Waals surface area contributed by atoms with Gasteiger partial charge in [-0.15, -0.1) is 0 Å². The summed E-state index contributed by atoms with van der Waals surface area (Å²) in [6.07, 6.45) is 0.105. The SMILES string of the molecule is Cc1cc2c(OC3CC(F)(F)C3)nc(N3C[C@@H](C)O[C@@H](c4ccc(=O)n(C)c4)C3)nc2nc1C. The molecular formula is C24H27F2N5O3. The van der Waals surface area contributed by atoms with Crippen LogP contribution in [0.25, 0.3) is 11.0 Å². The van der Waals surface area contributed by atoms with Crippen LogP contribution in [0, 0.1) is 13.8 Å². The number of anilines is 1. The zero-order chi connectivity index (χ0) is 24.2.